The fraction of sp³-hybridized carbons (Fsp3) is 0.0667. The molecule has 0 bridgehead atoms. The first-order chi connectivity index (χ1) is 9.72. The molecule has 1 aliphatic rings. The molecule has 0 amide bonds. The van der Waals surface area contributed by atoms with Crippen molar-refractivity contribution < 1.29 is 9.63 Å². The van der Waals surface area contributed by atoms with Crippen LogP contribution in [0, 0.1) is 0 Å². The molecule has 0 fully saturated rings. The van der Waals surface area contributed by atoms with Crippen LogP contribution in [0.15, 0.2) is 57.4 Å². The lowest BCUT2D eigenvalue weighted by atomic mass is 9.63. The molecule has 2 aromatic rings. The smallest absolute Gasteiger partial charge is 0.319 e. The van der Waals surface area contributed by atoms with Crippen LogP contribution in [0.5, 0.6) is 0 Å². The van der Waals surface area contributed by atoms with Crippen LogP contribution in [0.25, 0.3) is 0 Å². The van der Waals surface area contributed by atoms with Crippen LogP contribution in [0.3, 0.4) is 0 Å². The first-order valence-electron chi connectivity index (χ1n) is 6.32. The van der Waals surface area contributed by atoms with E-state index >= 15 is 0 Å². The maximum Gasteiger partial charge on any atom is 0.331 e. The van der Waals surface area contributed by atoms with Gasteiger partial charge in [0.25, 0.3) is 0 Å². The van der Waals surface area contributed by atoms with Gasteiger partial charge in [0, 0.05) is 16.7 Å². The van der Waals surface area contributed by atoms with Crippen molar-refractivity contribution in [2.45, 2.75) is 16.7 Å². The van der Waals surface area contributed by atoms with Gasteiger partial charge >= 0.3 is 5.97 Å². The SMILES string of the molecule is CC(=O)ON=Cc1ccc2c(c1)Bc1ccccc1S2. The second-order valence-corrected chi connectivity index (χ2v) is 5.65. The summed E-state index contributed by atoms with van der Waals surface area (Å²) in [6.07, 6.45) is 1.56. The monoisotopic (exact) mass is 281 g/mol. The predicted molar refractivity (Wildman–Crippen MR) is 82.8 cm³/mol. The van der Waals surface area contributed by atoms with Gasteiger partial charge in [0.1, 0.15) is 0 Å². The Morgan fingerprint density at radius 2 is 2.00 bits per heavy atom. The summed E-state index contributed by atoms with van der Waals surface area (Å²) in [5.41, 5.74) is 3.56. The molecular formula is C15H12BNO2S. The van der Waals surface area contributed by atoms with Crippen LogP contribution < -0.4 is 10.9 Å². The van der Waals surface area contributed by atoms with Gasteiger partial charge in [0.2, 0.25) is 0 Å². The number of fused-ring (bicyclic) bond motifs is 2. The summed E-state index contributed by atoms with van der Waals surface area (Å²) in [5.74, 6) is -0.413. The van der Waals surface area contributed by atoms with Crippen molar-refractivity contribution in [1.29, 1.82) is 0 Å². The standard InChI is InChI=1S/C15H12BNO2S/c1-10(18)19-17-9-11-6-7-15-13(8-11)16-12-4-2-3-5-14(12)20-15/h2-9,16H,1H3. The Bertz CT molecular complexity index is 700. The van der Waals surface area contributed by atoms with Crippen LogP contribution in [0.4, 0.5) is 0 Å². The second kappa shape index (κ2) is 5.55. The average molecular weight is 281 g/mol. The normalized spacial score (nSPS) is 12.4. The largest absolute Gasteiger partial charge is 0.331 e. The third-order valence-corrected chi connectivity index (χ3v) is 4.28. The topological polar surface area (TPSA) is 38.7 Å². The fourth-order valence-corrected chi connectivity index (χ4v) is 3.21. The van der Waals surface area contributed by atoms with Crippen LogP contribution in [-0.4, -0.2) is 19.5 Å². The average Bonchev–Trinajstić information content (AvgIpc) is 2.44. The van der Waals surface area contributed by atoms with Gasteiger partial charge in [-0.05, 0) is 17.7 Å². The van der Waals surface area contributed by atoms with E-state index in [9.17, 15) is 4.79 Å². The van der Waals surface area contributed by atoms with Crippen molar-refractivity contribution in [1.82, 2.24) is 0 Å². The fourth-order valence-electron chi connectivity index (χ4n) is 2.15. The molecule has 3 rings (SSSR count). The molecule has 20 heavy (non-hydrogen) atoms. The van der Waals surface area contributed by atoms with E-state index in [4.69, 9.17) is 0 Å². The maximum absolute atomic E-state index is 10.7. The number of oxime groups is 1. The van der Waals surface area contributed by atoms with Gasteiger partial charge in [-0.25, -0.2) is 4.79 Å². The lowest BCUT2D eigenvalue weighted by Gasteiger charge is -2.18. The van der Waals surface area contributed by atoms with Crippen molar-refractivity contribution in [2.75, 3.05) is 0 Å². The number of carbonyl (C=O) groups excluding carboxylic acids is 1. The summed E-state index contributed by atoms with van der Waals surface area (Å²) < 4.78 is 0. The summed E-state index contributed by atoms with van der Waals surface area (Å²) in [5, 5.41) is 3.65. The molecule has 2 aromatic carbocycles. The van der Waals surface area contributed by atoms with Gasteiger partial charge in [-0.3, -0.25) is 0 Å². The van der Waals surface area contributed by atoms with Gasteiger partial charge in [-0.2, -0.15) is 0 Å². The lowest BCUT2D eigenvalue weighted by Crippen LogP contribution is -2.33. The van der Waals surface area contributed by atoms with E-state index < -0.39 is 5.97 Å². The van der Waals surface area contributed by atoms with Gasteiger partial charge < -0.3 is 4.84 Å². The van der Waals surface area contributed by atoms with E-state index in [2.05, 4.69) is 46.4 Å². The van der Waals surface area contributed by atoms with Gasteiger partial charge in [0.05, 0.1) is 6.21 Å². The zero-order valence-electron chi connectivity index (χ0n) is 11.0. The number of rotatable bonds is 2. The molecule has 98 valence electrons. The number of hydrogen-bond acceptors (Lipinski definition) is 4. The van der Waals surface area contributed by atoms with E-state index in [1.807, 2.05) is 6.07 Å². The van der Waals surface area contributed by atoms with Crippen molar-refractivity contribution in [2.24, 2.45) is 5.16 Å². The highest BCUT2D eigenvalue weighted by molar-refractivity contribution is 8.00. The summed E-state index contributed by atoms with van der Waals surface area (Å²) in [6, 6.07) is 14.6. The molecule has 0 aliphatic carbocycles. The number of benzene rings is 2. The molecule has 0 unspecified atom stereocenters. The molecule has 0 saturated carbocycles. The van der Waals surface area contributed by atoms with Crippen LogP contribution in [0.1, 0.15) is 12.5 Å². The zero-order chi connectivity index (χ0) is 13.9. The first kappa shape index (κ1) is 13.0. The minimum Gasteiger partial charge on any atom is -0.319 e. The Morgan fingerprint density at radius 1 is 1.20 bits per heavy atom. The van der Waals surface area contributed by atoms with Crippen molar-refractivity contribution in [3.63, 3.8) is 0 Å². The third kappa shape index (κ3) is 2.78. The molecule has 0 aromatic heterocycles. The molecule has 5 heteroatoms. The minimum absolute atomic E-state index is 0.413. The van der Waals surface area contributed by atoms with Gasteiger partial charge in [-0.1, -0.05) is 58.2 Å². The van der Waals surface area contributed by atoms with E-state index in [1.54, 1.807) is 18.0 Å². The van der Waals surface area contributed by atoms with Crippen LogP contribution in [-0.2, 0) is 9.63 Å². The Kier molecular flexibility index (Phi) is 3.61. The highest BCUT2D eigenvalue weighted by Crippen LogP contribution is 2.27. The second-order valence-electron chi connectivity index (χ2n) is 4.57. The van der Waals surface area contributed by atoms with E-state index in [-0.39, 0.29) is 0 Å². The molecule has 3 nitrogen and oxygen atoms in total. The molecule has 0 N–H and O–H groups in total. The number of nitrogens with zero attached hydrogens (tertiary/aromatic N) is 1. The number of carbonyl (C=O) groups is 1. The Labute approximate surface area is 122 Å². The quantitative estimate of drug-likeness (QED) is 0.309. The molecule has 0 atom stereocenters. The lowest BCUT2D eigenvalue weighted by molar-refractivity contribution is -0.140. The summed E-state index contributed by atoms with van der Waals surface area (Å²) in [4.78, 5) is 17.8. The highest BCUT2D eigenvalue weighted by atomic mass is 32.2. The summed E-state index contributed by atoms with van der Waals surface area (Å²) >= 11 is 1.79. The molecule has 0 spiro atoms. The van der Waals surface area contributed by atoms with Crippen molar-refractivity contribution >= 4 is 42.2 Å². The Balaban J connectivity index is 1.84. The van der Waals surface area contributed by atoms with Crippen molar-refractivity contribution in [3.8, 4) is 0 Å². The van der Waals surface area contributed by atoms with Gasteiger partial charge in [0.15, 0.2) is 7.28 Å². The van der Waals surface area contributed by atoms with Crippen LogP contribution >= 0.6 is 11.8 Å². The van der Waals surface area contributed by atoms with E-state index in [0.29, 0.717) is 0 Å². The highest BCUT2D eigenvalue weighted by Gasteiger charge is 2.16. The van der Waals surface area contributed by atoms with E-state index in [1.165, 1.54) is 27.6 Å². The Morgan fingerprint density at radius 3 is 2.85 bits per heavy atom. The molecule has 0 radical (unpaired) electrons. The third-order valence-electron chi connectivity index (χ3n) is 3.04. The molecular weight excluding hydrogens is 269 g/mol. The zero-order valence-corrected chi connectivity index (χ0v) is 11.8. The minimum atomic E-state index is -0.413. The van der Waals surface area contributed by atoms with Gasteiger partial charge in [-0.15, -0.1) is 0 Å². The first-order valence-corrected chi connectivity index (χ1v) is 7.13. The summed E-state index contributed by atoms with van der Waals surface area (Å²) in [7, 11) is 0.924. The maximum atomic E-state index is 10.7. The summed E-state index contributed by atoms with van der Waals surface area (Å²) in [6.45, 7) is 1.33. The van der Waals surface area contributed by atoms with E-state index in [0.717, 1.165) is 12.8 Å². The number of hydrogen-bond donors (Lipinski definition) is 0. The molecule has 0 saturated heterocycles. The van der Waals surface area contributed by atoms with Crippen molar-refractivity contribution in [3.05, 3.63) is 48.0 Å². The predicted octanol–water partition coefficient (Wildman–Crippen LogP) is 1.44. The Hall–Kier alpha value is -2.01. The van der Waals surface area contributed by atoms with Crippen LogP contribution in [0.2, 0.25) is 0 Å². The molecule has 1 heterocycles. The molecule has 1 aliphatic heterocycles.